The molecule has 32 heavy (non-hydrogen) atoms. The van der Waals surface area contributed by atoms with E-state index in [9.17, 15) is 5.26 Å². The molecule has 0 saturated heterocycles. The second-order valence-corrected chi connectivity index (χ2v) is 8.62. The Labute approximate surface area is 215 Å². The van der Waals surface area contributed by atoms with Crippen LogP contribution in [-0.4, -0.2) is 12.4 Å². The first kappa shape index (κ1) is 28.9. The molecule has 5 nitrogen and oxygen atoms in total. The molecule has 2 aromatic rings. The van der Waals surface area contributed by atoms with Crippen LogP contribution in [0.4, 0.5) is 0 Å². The first-order valence-corrected chi connectivity index (χ1v) is 11.9. The summed E-state index contributed by atoms with van der Waals surface area (Å²) in [5.41, 5.74) is 3.61. The van der Waals surface area contributed by atoms with Crippen molar-refractivity contribution in [2.45, 2.75) is 37.6 Å². The number of hydrogen-bond acceptors (Lipinski definition) is 6. The summed E-state index contributed by atoms with van der Waals surface area (Å²) in [5.74, 6) is 2.25. The molecule has 0 fully saturated rings. The molecule has 1 unspecified atom stereocenters. The monoisotopic (exact) mass is 514 g/mol. The maximum atomic E-state index is 9.73. The molecule has 0 N–H and O–H groups in total. The van der Waals surface area contributed by atoms with Gasteiger partial charge in [-0.15, -0.1) is 0 Å². The van der Waals surface area contributed by atoms with Gasteiger partial charge in [-0.05, 0) is 67.2 Å². The van der Waals surface area contributed by atoms with E-state index in [-0.39, 0.29) is 23.7 Å². The number of alkyl halides is 1. The van der Waals surface area contributed by atoms with Gasteiger partial charge in [0.2, 0.25) is 0 Å². The summed E-state index contributed by atoms with van der Waals surface area (Å²) < 4.78 is 15.7. The standard InChI is InChI=1S/C24H29BrO5S.Li/c1-3-22(4-2)28-18-20-11-9-19(10-12-20)13-14-24(25)21-7-5-8-23(17-21)27-15-6-16-31-30-29-26;/h3-5,7-12,17,24,26H,1,6,13-16,18H2,2H3;/q;+1/p-1/b22-4+;. The van der Waals surface area contributed by atoms with Crippen LogP contribution in [0.15, 0.2) is 73.0 Å². The number of halogens is 1. The van der Waals surface area contributed by atoms with E-state index in [1.807, 2.05) is 25.1 Å². The van der Waals surface area contributed by atoms with Gasteiger partial charge in [-0.25, -0.2) is 0 Å². The number of ether oxygens (including phenoxy) is 2. The molecule has 168 valence electrons. The van der Waals surface area contributed by atoms with E-state index in [0.29, 0.717) is 19.0 Å². The van der Waals surface area contributed by atoms with Crippen LogP contribution < -0.4 is 28.9 Å². The zero-order valence-electron chi connectivity index (χ0n) is 18.6. The van der Waals surface area contributed by atoms with E-state index in [0.717, 1.165) is 48.4 Å². The van der Waals surface area contributed by atoms with Crippen LogP contribution in [0, 0.1) is 0 Å². The van der Waals surface area contributed by atoms with Gasteiger partial charge in [0.25, 0.3) is 0 Å². The third-order valence-corrected chi connectivity index (χ3v) is 6.13. The maximum Gasteiger partial charge on any atom is 1.00 e. The largest absolute Gasteiger partial charge is 1.00 e. The van der Waals surface area contributed by atoms with Gasteiger partial charge in [0.1, 0.15) is 18.1 Å². The van der Waals surface area contributed by atoms with E-state index >= 15 is 0 Å². The van der Waals surface area contributed by atoms with Gasteiger partial charge in [0.15, 0.2) is 0 Å². The zero-order valence-corrected chi connectivity index (χ0v) is 21.0. The number of allylic oxidation sites excluding steroid dienone is 2. The Morgan fingerprint density at radius 2 is 1.94 bits per heavy atom. The van der Waals surface area contributed by atoms with Crippen LogP contribution >= 0.6 is 28.0 Å². The predicted octanol–water partition coefficient (Wildman–Crippen LogP) is 3.01. The van der Waals surface area contributed by atoms with Gasteiger partial charge in [0, 0.05) is 22.6 Å². The predicted molar refractivity (Wildman–Crippen MR) is 126 cm³/mol. The molecule has 0 bridgehead atoms. The van der Waals surface area contributed by atoms with Crippen LogP contribution in [0.2, 0.25) is 0 Å². The molecule has 0 saturated carbocycles. The normalized spacial score (nSPS) is 12.0. The van der Waals surface area contributed by atoms with E-state index in [4.69, 9.17) is 9.47 Å². The molecule has 8 heteroatoms. The molecule has 2 aromatic carbocycles. The SMILES string of the molecule is C=C/C(=C\C)OCc1ccc(CCC(Br)c2cccc(OCCCSOO[O-])c2)cc1.[Li+]. The van der Waals surface area contributed by atoms with Crippen molar-refractivity contribution in [3.8, 4) is 5.75 Å². The van der Waals surface area contributed by atoms with Gasteiger partial charge in [0.05, 0.1) is 6.61 Å². The minimum atomic E-state index is 0. The Morgan fingerprint density at radius 1 is 1.19 bits per heavy atom. The van der Waals surface area contributed by atoms with Gasteiger partial charge >= 0.3 is 18.9 Å². The fraction of sp³-hybridized carbons (Fsp3) is 0.333. The number of aryl methyl sites for hydroxylation is 1. The second kappa shape index (κ2) is 17.3. The molecule has 1 atom stereocenters. The number of hydrogen-bond donors (Lipinski definition) is 0. The summed E-state index contributed by atoms with van der Waals surface area (Å²) in [5, 5.41) is 13.0. The van der Waals surface area contributed by atoms with Crippen molar-refractivity contribution in [1.29, 1.82) is 0 Å². The molecule has 2 rings (SSSR count). The molecule has 0 spiro atoms. The van der Waals surface area contributed by atoms with Crippen LogP contribution in [0.25, 0.3) is 0 Å². The molecule has 0 aliphatic rings. The summed E-state index contributed by atoms with van der Waals surface area (Å²) >= 11 is 4.78. The minimum Gasteiger partial charge on any atom is -0.691 e. The Morgan fingerprint density at radius 3 is 2.62 bits per heavy atom. The Bertz CT molecular complexity index is 816. The Hall–Kier alpha value is -1.17. The van der Waals surface area contributed by atoms with Gasteiger partial charge in [-0.1, -0.05) is 58.9 Å². The fourth-order valence-electron chi connectivity index (χ4n) is 2.85. The van der Waals surface area contributed by atoms with Crippen molar-refractivity contribution in [2.24, 2.45) is 0 Å². The number of rotatable bonds is 15. The van der Waals surface area contributed by atoms with Gasteiger partial charge < -0.3 is 14.7 Å². The van der Waals surface area contributed by atoms with Crippen molar-refractivity contribution in [3.05, 3.63) is 89.7 Å². The number of benzene rings is 2. The molecule has 0 heterocycles. The van der Waals surface area contributed by atoms with Crippen molar-refractivity contribution >= 4 is 28.0 Å². The third kappa shape index (κ3) is 11.1. The summed E-state index contributed by atoms with van der Waals surface area (Å²) in [6, 6.07) is 16.6. The average Bonchev–Trinajstić information content (AvgIpc) is 2.81. The Kier molecular flexibility index (Phi) is 15.6. The summed E-state index contributed by atoms with van der Waals surface area (Å²) in [7, 11) is 0. The summed E-state index contributed by atoms with van der Waals surface area (Å²) in [6.45, 7) is 6.75. The maximum absolute atomic E-state index is 9.73. The molecule has 0 aliphatic heterocycles. The van der Waals surface area contributed by atoms with E-state index < -0.39 is 0 Å². The first-order valence-electron chi connectivity index (χ1n) is 10.1. The molecule has 0 aliphatic carbocycles. The Balaban J connectivity index is 0.00000512. The van der Waals surface area contributed by atoms with Crippen molar-refractivity contribution in [2.75, 3.05) is 12.4 Å². The van der Waals surface area contributed by atoms with Gasteiger partial charge in [-0.3, -0.25) is 5.04 Å². The van der Waals surface area contributed by atoms with Crippen LogP contribution in [0.5, 0.6) is 5.75 Å². The topological polar surface area (TPSA) is 60.0 Å². The average molecular weight is 515 g/mol. The molecular weight excluding hydrogens is 487 g/mol. The van der Waals surface area contributed by atoms with Crippen LogP contribution in [0.3, 0.4) is 0 Å². The second-order valence-electron chi connectivity index (χ2n) is 6.74. The van der Waals surface area contributed by atoms with Crippen molar-refractivity contribution < 1.29 is 43.0 Å². The van der Waals surface area contributed by atoms with Gasteiger partial charge in [-0.2, -0.15) is 4.33 Å². The van der Waals surface area contributed by atoms with Crippen LogP contribution in [0.1, 0.15) is 41.3 Å². The van der Waals surface area contributed by atoms with Crippen molar-refractivity contribution in [1.82, 2.24) is 0 Å². The summed E-state index contributed by atoms with van der Waals surface area (Å²) in [4.78, 5) is 0.238. The summed E-state index contributed by atoms with van der Waals surface area (Å²) in [6.07, 6.45) is 6.31. The smallest absolute Gasteiger partial charge is 0.691 e. The zero-order chi connectivity index (χ0) is 22.3. The van der Waals surface area contributed by atoms with E-state index in [2.05, 4.69) is 68.3 Å². The molecule has 0 radical (unpaired) electrons. The third-order valence-electron chi connectivity index (χ3n) is 4.54. The molecule has 0 aromatic heterocycles. The van der Waals surface area contributed by atoms with Crippen LogP contribution in [-0.2, 0) is 27.1 Å². The van der Waals surface area contributed by atoms with E-state index in [1.165, 1.54) is 11.1 Å². The molecule has 0 amide bonds. The van der Waals surface area contributed by atoms with E-state index in [1.54, 1.807) is 6.08 Å². The fourth-order valence-corrected chi connectivity index (χ4v) is 3.71. The minimum absolute atomic E-state index is 0. The molecular formula is C24H28BrLiO5S. The van der Waals surface area contributed by atoms with Crippen molar-refractivity contribution in [3.63, 3.8) is 0 Å². The first-order chi connectivity index (χ1) is 15.2. The quantitative estimate of drug-likeness (QED) is 0.0532.